The summed E-state index contributed by atoms with van der Waals surface area (Å²) in [4.78, 5) is 27.9. The van der Waals surface area contributed by atoms with Crippen molar-refractivity contribution < 1.29 is 22.4 Å². The highest BCUT2D eigenvalue weighted by atomic mass is 35.5. The number of aryl methyl sites for hydroxylation is 1. The van der Waals surface area contributed by atoms with Gasteiger partial charge in [0.25, 0.3) is 10.0 Å². The van der Waals surface area contributed by atoms with E-state index in [1.807, 2.05) is 13.8 Å². The highest BCUT2D eigenvalue weighted by Gasteiger charge is 2.32. The van der Waals surface area contributed by atoms with E-state index in [1.54, 1.807) is 31.2 Å². The normalized spacial score (nSPS) is 12.0. The summed E-state index contributed by atoms with van der Waals surface area (Å²) >= 11 is 5.96. The first-order valence-electron chi connectivity index (χ1n) is 12.2. The minimum atomic E-state index is -4.17. The maximum Gasteiger partial charge on any atom is 0.264 e. The van der Waals surface area contributed by atoms with Crippen LogP contribution in [0.3, 0.4) is 0 Å². The molecule has 10 heteroatoms. The SMILES string of the molecule is CCCNC(=O)[C@H](C)N(Cc1ccc(F)cc1)C(=O)CN(c1ccc(C)cc1)S(=O)(=O)c1ccc(Cl)cc1. The summed E-state index contributed by atoms with van der Waals surface area (Å²) in [7, 11) is -4.17. The van der Waals surface area contributed by atoms with Gasteiger partial charge in [0.2, 0.25) is 11.8 Å². The van der Waals surface area contributed by atoms with Gasteiger partial charge in [0.05, 0.1) is 10.6 Å². The van der Waals surface area contributed by atoms with Crippen LogP contribution < -0.4 is 9.62 Å². The van der Waals surface area contributed by atoms with Crippen LogP contribution in [-0.2, 0) is 26.2 Å². The van der Waals surface area contributed by atoms with Crippen molar-refractivity contribution in [1.29, 1.82) is 0 Å². The molecule has 0 bridgehead atoms. The van der Waals surface area contributed by atoms with Gasteiger partial charge in [-0.15, -0.1) is 0 Å². The van der Waals surface area contributed by atoms with Crippen molar-refractivity contribution in [1.82, 2.24) is 10.2 Å². The summed E-state index contributed by atoms with van der Waals surface area (Å²) in [5.74, 6) is -1.39. The third kappa shape index (κ3) is 7.33. The number of hydrogen-bond donors (Lipinski definition) is 1. The number of benzene rings is 3. The summed E-state index contributed by atoms with van der Waals surface area (Å²) in [6.07, 6.45) is 0.713. The molecule has 202 valence electrons. The van der Waals surface area contributed by atoms with Crippen LogP contribution >= 0.6 is 11.6 Å². The van der Waals surface area contributed by atoms with Gasteiger partial charge in [0.15, 0.2) is 0 Å². The molecule has 0 unspecified atom stereocenters. The number of nitrogens with zero attached hydrogens (tertiary/aromatic N) is 2. The predicted molar refractivity (Wildman–Crippen MR) is 147 cm³/mol. The zero-order chi connectivity index (χ0) is 27.9. The van der Waals surface area contributed by atoms with Gasteiger partial charge in [-0.25, -0.2) is 12.8 Å². The lowest BCUT2D eigenvalue weighted by Gasteiger charge is -2.32. The van der Waals surface area contributed by atoms with Crippen LogP contribution in [0, 0.1) is 12.7 Å². The Labute approximate surface area is 228 Å². The zero-order valence-electron chi connectivity index (χ0n) is 21.5. The molecule has 0 aliphatic carbocycles. The monoisotopic (exact) mass is 559 g/mol. The van der Waals surface area contributed by atoms with Crippen molar-refractivity contribution >= 4 is 39.1 Å². The Hall–Kier alpha value is -3.43. The molecule has 3 aromatic rings. The van der Waals surface area contributed by atoms with E-state index in [0.29, 0.717) is 29.2 Å². The van der Waals surface area contributed by atoms with Crippen LogP contribution in [0.4, 0.5) is 10.1 Å². The van der Waals surface area contributed by atoms with E-state index < -0.39 is 34.3 Å². The number of hydrogen-bond acceptors (Lipinski definition) is 4. The lowest BCUT2D eigenvalue weighted by atomic mass is 10.1. The Morgan fingerprint density at radius 2 is 1.58 bits per heavy atom. The van der Waals surface area contributed by atoms with Gasteiger partial charge < -0.3 is 10.2 Å². The highest BCUT2D eigenvalue weighted by Crippen LogP contribution is 2.26. The number of nitrogens with one attached hydrogen (secondary N) is 1. The van der Waals surface area contributed by atoms with Crippen LogP contribution in [0.1, 0.15) is 31.4 Å². The molecular formula is C28H31ClFN3O4S. The number of anilines is 1. The fraction of sp³-hybridized carbons (Fsp3) is 0.286. The molecule has 38 heavy (non-hydrogen) atoms. The van der Waals surface area contributed by atoms with Crippen molar-refractivity contribution in [3.8, 4) is 0 Å². The average molecular weight is 560 g/mol. The van der Waals surface area contributed by atoms with Gasteiger partial charge >= 0.3 is 0 Å². The van der Waals surface area contributed by atoms with Gasteiger partial charge in [-0.2, -0.15) is 0 Å². The first-order chi connectivity index (χ1) is 18.0. The molecule has 3 aromatic carbocycles. The second-order valence-corrected chi connectivity index (χ2v) is 11.2. The topological polar surface area (TPSA) is 86.8 Å². The van der Waals surface area contributed by atoms with Gasteiger partial charge in [-0.1, -0.05) is 48.4 Å². The van der Waals surface area contributed by atoms with E-state index in [2.05, 4.69) is 5.32 Å². The fourth-order valence-electron chi connectivity index (χ4n) is 3.74. The van der Waals surface area contributed by atoms with Gasteiger partial charge in [-0.05, 0) is 74.4 Å². The predicted octanol–water partition coefficient (Wildman–Crippen LogP) is 4.93. The highest BCUT2D eigenvalue weighted by molar-refractivity contribution is 7.92. The summed E-state index contributed by atoms with van der Waals surface area (Å²) in [6.45, 7) is 5.23. The summed E-state index contributed by atoms with van der Waals surface area (Å²) in [6, 6.07) is 17.1. The molecule has 0 fully saturated rings. The maximum atomic E-state index is 13.8. The molecule has 0 aliphatic rings. The van der Waals surface area contributed by atoms with Crippen molar-refractivity contribution in [2.75, 3.05) is 17.4 Å². The van der Waals surface area contributed by atoms with E-state index in [1.165, 1.54) is 53.4 Å². The number of rotatable bonds is 11. The second-order valence-electron chi connectivity index (χ2n) is 8.92. The van der Waals surface area contributed by atoms with Gasteiger partial charge in [0, 0.05) is 18.1 Å². The van der Waals surface area contributed by atoms with Crippen molar-refractivity contribution in [2.45, 2.75) is 44.7 Å². The Morgan fingerprint density at radius 1 is 0.974 bits per heavy atom. The molecular weight excluding hydrogens is 529 g/mol. The Balaban J connectivity index is 2.00. The van der Waals surface area contributed by atoms with Gasteiger partial charge in [0.1, 0.15) is 18.4 Å². The molecule has 0 aliphatic heterocycles. The Bertz CT molecular complexity index is 1350. The third-order valence-electron chi connectivity index (χ3n) is 5.99. The quantitative estimate of drug-likeness (QED) is 0.361. The molecule has 2 amide bonds. The number of sulfonamides is 1. The molecule has 0 heterocycles. The minimum absolute atomic E-state index is 0.0114. The van der Waals surface area contributed by atoms with Crippen LogP contribution in [-0.4, -0.2) is 44.3 Å². The summed E-state index contributed by atoms with van der Waals surface area (Å²) in [5, 5.41) is 3.15. The lowest BCUT2D eigenvalue weighted by Crippen LogP contribution is -2.51. The lowest BCUT2D eigenvalue weighted by molar-refractivity contribution is -0.139. The van der Waals surface area contributed by atoms with E-state index in [0.717, 1.165) is 9.87 Å². The Morgan fingerprint density at radius 3 is 2.16 bits per heavy atom. The third-order valence-corrected chi connectivity index (χ3v) is 8.03. The first kappa shape index (κ1) is 29.1. The van der Waals surface area contributed by atoms with Gasteiger partial charge in [-0.3, -0.25) is 13.9 Å². The molecule has 0 saturated carbocycles. The smallest absolute Gasteiger partial charge is 0.264 e. The van der Waals surface area contributed by atoms with E-state index in [-0.39, 0.29) is 17.3 Å². The molecule has 0 spiro atoms. The molecule has 7 nitrogen and oxygen atoms in total. The molecule has 0 aromatic heterocycles. The number of carbonyl (C=O) groups excluding carboxylic acids is 2. The number of amides is 2. The van der Waals surface area contributed by atoms with Crippen molar-refractivity contribution in [2.24, 2.45) is 0 Å². The fourth-order valence-corrected chi connectivity index (χ4v) is 5.28. The van der Waals surface area contributed by atoms with Crippen LogP contribution in [0.25, 0.3) is 0 Å². The first-order valence-corrected chi connectivity index (χ1v) is 14.0. The average Bonchev–Trinajstić information content (AvgIpc) is 2.90. The molecule has 1 atom stereocenters. The van der Waals surface area contributed by atoms with E-state index >= 15 is 0 Å². The summed E-state index contributed by atoms with van der Waals surface area (Å²) < 4.78 is 41.9. The second kappa shape index (κ2) is 12.9. The number of halogens is 2. The van der Waals surface area contributed by atoms with E-state index in [4.69, 9.17) is 11.6 Å². The maximum absolute atomic E-state index is 13.8. The van der Waals surface area contributed by atoms with Crippen molar-refractivity contribution in [3.05, 3.63) is 94.8 Å². The van der Waals surface area contributed by atoms with Crippen molar-refractivity contribution in [3.63, 3.8) is 0 Å². The molecule has 0 saturated heterocycles. The number of carbonyl (C=O) groups is 2. The van der Waals surface area contributed by atoms with Crippen LogP contribution in [0.15, 0.2) is 77.7 Å². The Kier molecular flexibility index (Phi) is 9.88. The standard InChI is InChI=1S/C28H31ClFN3O4S/c1-4-17-31-28(35)21(3)32(18-22-7-11-24(30)12-8-22)27(34)19-33(25-13-5-20(2)6-14-25)38(36,37)26-15-9-23(29)10-16-26/h5-16,21H,4,17-19H2,1-3H3,(H,31,35)/t21-/m0/s1. The minimum Gasteiger partial charge on any atom is -0.354 e. The summed E-state index contributed by atoms with van der Waals surface area (Å²) in [5.41, 5.74) is 1.81. The van der Waals surface area contributed by atoms with Crippen LogP contribution in [0.5, 0.6) is 0 Å². The van der Waals surface area contributed by atoms with Crippen LogP contribution in [0.2, 0.25) is 5.02 Å². The molecule has 1 N–H and O–H groups in total. The largest absolute Gasteiger partial charge is 0.354 e. The molecule has 3 rings (SSSR count). The molecule has 0 radical (unpaired) electrons. The van der Waals surface area contributed by atoms with E-state index in [9.17, 15) is 22.4 Å². The zero-order valence-corrected chi connectivity index (χ0v) is 23.1.